The van der Waals surface area contributed by atoms with E-state index in [2.05, 4.69) is 46.9 Å². The van der Waals surface area contributed by atoms with Crippen LogP contribution in [0.1, 0.15) is 60.8 Å². The zero-order valence-corrected chi connectivity index (χ0v) is 10.9. The van der Waals surface area contributed by atoms with Crippen LogP contribution in [0.15, 0.2) is 0 Å². The van der Waals surface area contributed by atoms with E-state index in [1.807, 2.05) is 0 Å². The van der Waals surface area contributed by atoms with Crippen molar-refractivity contribution >= 4 is 0 Å². The van der Waals surface area contributed by atoms with Crippen LogP contribution in [0, 0.1) is 11.8 Å². The Bertz CT molecular complexity index is 131. The van der Waals surface area contributed by atoms with Gasteiger partial charge in [-0.05, 0) is 31.6 Å². The van der Waals surface area contributed by atoms with E-state index in [1.54, 1.807) is 0 Å². The van der Waals surface area contributed by atoms with Crippen molar-refractivity contribution in [3.63, 3.8) is 0 Å². The first kappa shape index (κ1) is 14.0. The Morgan fingerprint density at radius 3 is 1.86 bits per heavy atom. The first-order valence-corrected chi connectivity index (χ1v) is 6.27. The van der Waals surface area contributed by atoms with Gasteiger partial charge in [-0.25, -0.2) is 0 Å². The summed E-state index contributed by atoms with van der Waals surface area (Å²) in [5, 5.41) is 3.73. The van der Waals surface area contributed by atoms with Gasteiger partial charge in [0.15, 0.2) is 0 Å². The van der Waals surface area contributed by atoms with Crippen molar-refractivity contribution in [1.82, 2.24) is 5.32 Å². The third-order valence-electron chi connectivity index (χ3n) is 3.38. The lowest BCUT2D eigenvalue weighted by molar-refractivity contribution is 0.319. The SMILES string of the molecule is CCC(C)CC(CC)NC(C)C(C)C. The molecule has 0 aromatic rings. The van der Waals surface area contributed by atoms with Gasteiger partial charge in [-0.15, -0.1) is 0 Å². The van der Waals surface area contributed by atoms with Gasteiger partial charge in [-0.1, -0.05) is 41.0 Å². The Hall–Kier alpha value is -0.0400. The third-order valence-corrected chi connectivity index (χ3v) is 3.38. The Morgan fingerprint density at radius 2 is 1.50 bits per heavy atom. The standard InChI is InChI=1S/C13H29N/c1-7-11(5)9-13(8-2)14-12(6)10(3)4/h10-14H,7-9H2,1-6H3. The number of nitrogens with one attached hydrogen (secondary N) is 1. The predicted octanol–water partition coefficient (Wildman–Crippen LogP) is 3.84. The van der Waals surface area contributed by atoms with Crippen molar-refractivity contribution in [1.29, 1.82) is 0 Å². The first-order valence-electron chi connectivity index (χ1n) is 6.27. The maximum absolute atomic E-state index is 3.73. The van der Waals surface area contributed by atoms with Crippen LogP contribution in [0.2, 0.25) is 0 Å². The predicted molar refractivity (Wildman–Crippen MR) is 65.6 cm³/mol. The molecule has 14 heavy (non-hydrogen) atoms. The Morgan fingerprint density at radius 1 is 0.929 bits per heavy atom. The molecule has 0 spiro atoms. The molecule has 0 saturated heterocycles. The van der Waals surface area contributed by atoms with E-state index in [4.69, 9.17) is 0 Å². The monoisotopic (exact) mass is 199 g/mol. The maximum atomic E-state index is 3.73. The van der Waals surface area contributed by atoms with Gasteiger partial charge in [0.1, 0.15) is 0 Å². The molecule has 1 nitrogen and oxygen atoms in total. The second kappa shape index (κ2) is 7.28. The topological polar surface area (TPSA) is 12.0 Å². The van der Waals surface area contributed by atoms with E-state index in [9.17, 15) is 0 Å². The largest absolute Gasteiger partial charge is 0.311 e. The van der Waals surface area contributed by atoms with E-state index < -0.39 is 0 Å². The number of hydrogen-bond donors (Lipinski definition) is 1. The van der Waals surface area contributed by atoms with E-state index in [1.165, 1.54) is 19.3 Å². The molecule has 1 heteroatoms. The molecular weight excluding hydrogens is 170 g/mol. The second-order valence-electron chi connectivity index (χ2n) is 5.05. The summed E-state index contributed by atoms with van der Waals surface area (Å²) in [4.78, 5) is 0. The van der Waals surface area contributed by atoms with Gasteiger partial charge in [-0.2, -0.15) is 0 Å². The minimum Gasteiger partial charge on any atom is -0.311 e. The molecule has 0 aromatic carbocycles. The molecule has 3 atom stereocenters. The summed E-state index contributed by atoms with van der Waals surface area (Å²) in [6, 6.07) is 1.35. The molecule has 0 bridgehead atoms. The number of hydrogen-bond acceptors (Lipinski definition) is 1. The normalized spacial score (nSPS) is 18.2. The van der Waals surface area contributed by atoms with Crippen molar-refractivity contribution in [3.05, 3.63) is 0 Å². The van der Waals surface area contributed by atoms with E-state index >= 15 is 0 Å². The van der Waals surface area contributed by atoms with Crippen molar-refractivity contribution in [2.75, 3.05) is 0 Å². The first-order chi connectivity index (χ1) is 6.51. The molecule has 0 rings (SSSR count). The van der Waals surface area contributed by atoms with Crippen LogP contribution in [0.5, 0.6) is 0 Å². The maximum Gasteiger partial charge on any atom is 0.00695 e. The summed E-state index contributed by atoms with van der Waals surface area (Å²) in [5.74, 6) is 1.59. The van der Waals surface area contributed by atoms with Gasteiger partial charge >= 0.3 is 0 Å². The molecule has 0 radical (unpaired) electrons. The Labute approximate surface area is 90.7 Å². The highest BCUT2D eigenvalue weighted by atomic mass is 14.9. The van der Waals surface area contributed by atoms with Crippen LogP contribution >= 0.6 is 0 Å². The smallest absolute Gasteiger partial charge is 0.00695 e. The highest BCUT2D eigenvalue weighted by Gasteiger charge is 2.14. The van der Waals surface area contributed by atoms with Crippen LogP contribution in [-0.2, 0) is 0 Å². The lowest BCUT2D eigenvalue weighted by atomic mass is 9.96. The minimum absolute atomic E-state index is 0.643. The molecule has 1 N–H and O–H groups in total. The van der Waals surface area contributed by atoms with Gasteiger partial charge in [0, 0.05) is 12.1 Å². The lowest BCUT2D eigenvalue weighted by Gasteiger charge is -2.26. The van der Waals surface area contributed by atoms with Crippen molar-refractivity contribution < 1.29 is 0 Å². The van der Waals surface area contributed by atoms with E-state index in [-0.39, 0.29) is 0 Å². The number of rotatable bonds is 7. The van der Waals surface area contributed by atoms with Crippen LogP contribution < -0.4 is 5.32 Å². The summed E-state index contributed by atoms with van der Waals surface area (Å²) in [6.45, 7) is 13.8. The average Bonchev–Trinajstić information content (AvgIpc) is 2.16. The van der Waals surface area contributed by atoms with Gasteiger partial charge in [0.2, 0.25) is 0 Å². The highest BCUT2D eigenvalue weighted by Crippen LogP contribution is 2.13. The van der Waals surface area contributed by atoms with E-state index in [0.29, 0.717) is 12.1 Å². The molecular formula is C13H29N. The van der Waals surface area contributed by atoms with Gasteiger partial charge < -0.3 is 5.32 Å². The minimum atomic E-state index is 0.643. The zero-order valence-electron chi connectivity index (χ0n) is 10.9. The highest BCUT2D eigenvalue weighted by molar-refractivity contribution is 4.74. The van der Waals surface area contributed by atoms with Crippen molar-refractivity contribution in [3.8, 4) is 0 Å². The summed E-state index contributed by atoms with van der Waals surface area (Å²) < 4.78 is 0. The summed E-state index contributed by atoms with van der Waals surface area (Å²) in [6.07, 6.45) is 3.87. The Kier molecular flexibility index (Phi) is 7.26. The molecule has 0 aliphatic carbocycles. The van der Waals surface area contributed by atoms with Crippen molar-refractivity contribution in [2.24, 2.45) is 11.8 Å². The third kappa shape index (κ3) is 5.64. The Balaban J connectivity index is 3.89. The molecule has 0 aromatic heterocycles. The van der Waals surface area contributed by atoms with Crippen LogP contribution in [0.3, 0.4) is 0 Å². The van der Waals surface area contributed by atoms with Crippen LogP contribution in [-0.4, -0.2) is 12.1 Å². The fourth-order valence-corrected chi connectivity index (χ4v) is 1.57. The molecule has 0 aliphatic rings. The fraction of sp³-hybridized carbons (Fsp3) is 1.00. The molecule has 0 aliphatic heterocycles. The molecule has 0 fully saturated rings. The van der Waals surface area contributed by atoms with Gasteiger partial charge in [0.25, 0.3) is 0 Å². The quantitative estimate of drug-likeness (QED) is 0.657. The average molecular weight is 199 g/mol. The van der Waals surface area contributed by atoms with Crippen LogP contribution in [0.4, 0.5) is 0 Å². The molecule has 0 saturated carbocycles. The zero-order chi connectivity index (χ0) is 11.1. The van der Waals surface area contributed by atoms with Gasteiger partial charge in [0.05, 0.1) is 0 Å². The van der Waals surface area contributed by atoms with Gasteiger partial charge in [-0.3, -0.25) is 0 Å². The summed E-state index contributed by atoms with van der Waals surface area (Å²) in [7, 11) is 0. The summed E-state index contributed by atoms with van der Waals surface area (Å²) in [5.41, 5.74) is 0. The molecule has 3 unspecified atom stereocenters. The molecule has 86 valence electrons. The molecule has 0 amide bonds. The van der Waals surface area contributed by atoms with E-state index in [0.717, 1.165) is 11.8 Å². The fourth-order valence-electron chi connectivity index (χ4n) is 1.57. The summed E-state index contributed by atoms with van der Waals surface area (Å²) >= 11 is 0. The second-order valence-corrected chi connectivity index (χ2v) is 5.05. The molecule has 0 heterocycles. The van der Waals surface area contributed by atoms with Crippen molar-refractivity contribution in [2.45, 2.75) is 72.9 Å². The lowest BCUT2D eigenvalue weighted by Crippen LogP contribution is -2.40. The van der Waals surface area contributed by atoms with Crippen LogP contribution in [0.25, 0.3) is 0 Å².